The molecule has 5 heteroatoms. The van der Waals surface area contributed by atoms with E-state index in [9.17, 15) is 4.79 Å². The average molecular weight is 268 g/mol. The van der Waals surface area contributed by atoms with Crippen LogP contribution in [-0.2, 0) is 4.74 Å². The van der Waals surface area contributed by atoms with E-state index in [1.54, 1.807) is 0 Å². The van der Waals surface area contributed by atoms with E-state index in [1.807, 2.05) is 13.8 Å². The molecule has 0 radical (unpaired) electrons. The van der Waals surface area contributed by atoms with E-state index < -0.39 is 0 Å². The summed E-state index contributed by atoms with van der Waals surface area (Å²) < 4.78 is 5.31. The van der Waals surface area contributed by atoms with Crippen molar-refractivity contribution in [3.05, 3.63) is 15.6 Å². The number of carbonyl (C=O) groups excluding carboxylic acids is 1. The first-order chi connectivity index (χ1) is 8.66. The van der Waals surface area contributed by atoms with Gasteiger partial charge < -0.3 is 4.74 Å². The highest BCUT2D eigenvalue weighted by atomic mass is 32.1. The van der Waals surface area contributed by atoms with Crippen LogP contribution in [0.15, 0.2) is 0 Å². The normalized spacial score (nSPS) is 16.8. The fourth-order valence-corrected chi connectivity index (χ4v) is 3.05. The van der Waals surface area contributed by atoms with Gasteiger partial charge in [0.1, 0.15) is 11.5 Å². The number of hydrogen-bond donors (Lipinski definition) is 0. The maximum Gasteiger partial charge on any atom is 0.350 e. The van der Waals surface area contributed by atoms with Crippen LogP contribution in [0.4, 0.5) is 0 Å². The van der Waals surface area contributed by atoms with Crippen LogP contribution in [0.25, 0.3) is 0 Å². The van der Waals surface area contributed by atoms with Crippen molar-refractivity contribution in [3.8, 4) is 0 Å². The van der Waals surface area contributed by atoms with Gasteiger partial charge in [-0.15, -0.1) is 11.3 Å². The zero-order valence-electron chi connectivity index (χ0n) is 11.1. The summed E-state index contributed by atoms with van der Waals surface area (Å²) in [4.78, 5) is 19.1. The summed E-state index contributed by atoms with van der Waals surface area (Å²) in [7, 11) is 0. The van der Waals surface area contributed by atoms with Gasteiger partial charge in [0.05, 0.1) is 10.7 Å². The number of ether oxygens (including phenoxy) is 1. The van der Waals surface area contributed by atoms with Crippen LogP contribution in [0.5, 0.6) is 0 Å². The Morgan fingerprint density at radius 2 is 2.06 bits per heavy atom. The van der Waals surface area contributed by atoms with E-state index in [0.717, 1.165) is 30.3 Å². The highest BCUT2D eigenvalue weighted by molar-refractivity contribution is 7.13. The lowest BCUT2D eigenvalue weighted by molar-refractivity contribution is 0.0456. The molecular formula is C13H20N2O2S. The number of aryl methyl sites for hydroxylation is 2. The number of likely N-dealkylation sites (tertiary alicyclic amines) is 1. The first-order valence-corrected chi connectivity index (χ1v) is 7.32. The van der Waals surface area contributed by atoms with Gasteiger partial charge in [0.25, 0.3) is 0 Å². The molecule has 0 amide bonds. The molecule has 0 spiro atoms. The summed E-state index contributed by atoms with van der Waals surface area (Å²) in [5.74, 6) is -0.227. The Hall–Kier alpha value is -0.940. The molecule has 100 valence electrons. The lowest BCUT2D eigenvalue weighted by Gasteiger charge is -2.25. The first kappa shape index (κ1) is 13.5. The van der Waals surface area contributed by atoms with Gasteiger partial charge in [-0.3, -0.25) is 4.90 Å². The largest absolute Gasteiger partial charge is 0.460 e. The summed E-state index contributed by atoms with van der Waals surface area (Å²) in [5.41, 5.74) is 0.778. The molecular weight excluding hydrogens is 248 g/mol. The number of piperidine rings is 1. The molecule has 1 aliphatic heterocycles. The highest BCUT2D eigenvalue weighted by Gasteiger charge is 2.16. The van der Waals surface area contributed by atoms with Crippen LogP contribution in [0.3, 0.4) is 0 Å². The second-order valence-corrected chi connectivity index (χ2v) is 5.89. The second kappa shape index (κ2) is 6.29. The Labute approximate surface area is 112 Å². The van der Waals surface area contributed by atoms with Crippen LogP contribution >= 0.6 is 11.3 Å². The molecule has 1 saturated heterocycles. The Kier molecular flexibility index (Phi) is 4.72. The van der Waals surface area contributed by atoms with Gasteiger partial charge in [0, 0.05) is 6.54 Å². The van der Waals surface area contributed by atoms with Crippen molar-refractivity contribution >= 4 is 17.3 Å². The molecule has 0 saturated carbocycles. The van der Waals surface area contributed by atoms with Crippen molar-refractivity contribution in [2.45, 2.75) is 33.1 Å². The number of aromatic nitrogens is 1. The Balaban J connectivity index is 1.76. The fraction of sp³-hybridized carbons (Fsp3) is 0.692. The Morgan fingerprint density at radius 3 is 2.67 bits per heavy atom. The number of rotatable bonds is 4. The molecule has 1 aromatic rings. The predicted octanol–water partition coefficient (Wildman–Crippen LogP) is 2.40. The molecule has 1 aliphatic rings. The van der Waals surface area contributed by atoms with Crippen molar-refractivity contribution in [2.75, 3.05) is 26.2 Å². The van der Waals surface area contributed by atoms with Crippen molar-refractivity contribution in [3.63, 3.8) is 0 Å². The molecule has 1 aromatic heterocycles. The minimum Gasteiger partial charge on any atom is -0.460 e. The molecule has 1 fully saturated rings. The summed E-state index contributed by atoms with van der Waals surface area (Å²) in [5, 5.41) is 0.912. The van der Waals surface area contributed by atoms with Gasteiger partial charge in [0.2, 0.25) is 0 Å². The highest BCUT2D eigenvalue weighted by Crippen LogP contribution is 2.18. The van der Waals surface area contributed by atoms with E-state index in [-0.39, 0.29) is 5.97 Å². The van der Waals surface area contributed by atoms with Crippen molar-refractivity contribution < 1.29 is 9.53 Å². The molecule has 0 aromatic carbocycles. The number of thiazole rings is 1. The summed E-state index contributed by atoms with van der Waals surface area (Å²) >= 11 is 1.41. The lowest BCUT2D eigenvalue weighted by Crippen LogP contribution is -2.33. The molecule has 0 N–H and O–H groups in total. The van der Waals surface area contributed by atoms with Gasteiger partial charge in [-0.2, -0.15) is 0 Å². The van der Waals surface area contributed by atoms with Gasteiger partial charge in [-0.1, -0.05) is 6.42 Å². The van der Waals surface area contributed by atoms with E-state index in [0.29, 0.717) is 11.5 Å². The topological polar surface area (TPSA) is 42.4 Å². The molecule has 2 rings (SSSR count). The summed E-state index contributed by atoms with van der Waals surface area (Å²) in [6.07, 6.45) is 3.86. The van der Waals surface area contributed by atoms with Crippen molar-refractivity contribution in [1.29, 1.82) is 0 Å². The quantitative estimate of drug-likeness (QED) is 0.786. The van der Waals surface area contributed by atoms with E-state index >= 15 is 0 Å². The maximum atomic E-state index is 11.9. The zero-order chi connectivity index (χ0) is 13.0. The Morgan fingerprint density at radius 1 is 1.33 bits per heavy atom. The third kappa shape index (κ3) is 3.53. The van der Waals surface area contributed by atoms with E-state index in [1.165, 1.54) is 30.6 Å². The minimum atomic E-state index is -0.227. The minimum absolute atomic E-state index is 0.227. The standard InChI is InChI=1S/C13H20N2O2S/c1-10-12(18-11(2)14-10)13(16)17-9-8-15-6-4-3-5-7-15/h3-9H2,1-2H3. The summed E-state index contributed by atoms with van der Waals surface area (Å²) in [6.45, 7) is 7.36. The van der Waals surface area contributed by atoms with Crippen LogP contribution in [0, 0.1) is 13.8 Å². The second-order valence-electron chi connectivity index (χ2n) is 4.69. The van der Waals surface area contributed by atoms with Gasteiger partial charge in [-0.05, 0) is 39.8 Å². The van der Waals surface area contributed by atoms with E-state index in [2.05, 4.69) is 9.88 Å². The first-order valence-electron chi connectivity index (χ1n) is 6.50. The van der Waals surface area contributed by atoms with Crippen LogP contribution < -0.4 is 0 Å². The van der Waals surface area contributed by atoms with Gasteiger partial charge >= 0.3 is 5.97 Å². The van der Waals surface area contributed by atoms with Crippen molar-refractivity contribution in [2.24, 2.45) is 0 Å². The van der Waals surface area contributed by atoms with Crippen LogP contribution in [-0.4, -0.2) is 42.1 Å². The van der Waals surface area contributed by atoms with Crippen molar-refractivity contribution in [1.82, 2.24) is 9.88 Å². The van der Waals surface area contributed by atoms with Crippen LogP contribution in [0.1, 0.15) is 39.6 Å². The molecule has 0 bridgehead atoms. The van der Waals surface area contributed by atoms with Crippen LogP contribution in [0.2, 0.25) is 0 Å². The molecule has 0 aliphatic carbocycles. The molecule has 2 heterocycles. The van der Waals surface area contributed by atoms with Gasteiger partial charge in [0.15, 0.2) is 0 Å². The molecule has 0 unspecified atom stereocenters. The molecule has 18 heavy (non-hydrogen) atoms. The van der Waals surface area contributed by atoms with Gasteiger partial charge in [-0.25, -0.2) is 9.78 Å². The smallest absolute Gasteiger partial charge is 0.350 e. The maximum absolute atomic E-state index is 11.9. The zero-order valence-corrected chi connectivity index (χ0v) is 11.9. The number of esters is 1. The monoisotopic (exact) mass is 268 g/mol. The van der Waals surface area contributed by atoms with E-state index in [4.69, 9.17) is 4.74 Å². The fourth-order valence-electron chi connectivity index (χ4n) is 2.24. The molecule has 0 atom stereocenters. The Bertz CT molecular complexity index is 411. The third-order valence-corrected chi connectivity index (χ3v) is 4.23. The third-order valence-electron chi connectivity index (χ3n) is 3.18. The predicted molar refractivity (Wildman–Crippen MR) is 72.2 cm³/mol. The molecule has 4 nitrogen and oxygen atoms in total. The number of nitrogens with zero attached hydrogens (tertiary/aromatic N) is 2. The summed E-state index contributed by atoms with van der Waals surface area (Å²) in [6, 6.07) is 0. The SMILES string of the molecule is Cc1nc(C)c(C(=O)OCCN2CCCCC2)s1. The average Bonchev–Trinajstić information content (AvgIpc) is 2.70. The number of hydrogen-bond acceptors (Lipinski definition) is 5. The lowest BCUT2D eigenvalue weighted by atomic mass is 10.1. The number of carbonyl (C=O) groups is 1.